The van der Waals surface area contributed by atoms with E-state index in [9.17, 15) is 10.1 Å². The van der Waals surface area contributed by atoms with E-state index in [4.69, 9.17) is 42.9 Å². The third-order valence-electron chi connectivity index (χ3n) is 2.58. The fraction of sp³-hybridized carbons (Fsp3) is 0.750. The fourth-order valence-electron chi connectivity index (χ4n) is 1.44. The van der Waals surface area contributed by atoms with Crippen LogP contribution in [0, 0.1) is 10.1 Å². The number of rotatable bonds is 1. The topological polar surface area (TPSA) is 170 Å². The molecule has 0 aliphatic heterocycles. The van der Waals surface area contributed by atoms with Crippen LogP contribution >= 0.6 is 11.6 Å². The monoisotopic (exact) mass is 283 g/mol. The van der Waals surface area contributed by atoms with Crippen LogP contribution in [-0.4, -0.2) is 37.7 Å². The molecule has 1 fully saturated rings. The standard InChI is InChI=1S/C6H12ClN3O2.C2H2O4/c7-5(8)3-1-2-4-6(5,9)10(11)12;3-1(4)2(5)6/h1-4,8-9H2;(H,3,4)(H,5,6)/t5-,6+;/m1./s1. The lowest BCUT2D eigenvalue weighted by molar-refractivity contribution is -0.580. The molecule has 1 aliphatic carbocycles. The number of halogens is 1. The van der Waals surface area contributed by atoms with Gasteiger partial charge in [0.1, 0.15) is 0 Å². The Morgan fingerprint density at radius 3 is 1.78 bits per heavy atom. The van der Waals surface area contributed by atoms with Gasteiger partial charge in [-0.2, -0.15) is 0 Å². The van der Waals surface area contributed by atoms with Gasteiger partial charge >= 0.3 is 17.6 Å². The van der Waals surface area contributed by atoms with E-state index >= 15 is 0 Å². The summed E-state index contributed by atoms with van der Waals surface area (Å²) >= 11 is 5.79. The Labute approximate surface area is 107 Å². The molecule has 0 heterocycles. The first-order valence-electron chi connectivity index (χ1n) is 4.92. The molecule has 9 nitrogen and oxygen atoms in total. The molecule has 104 valence electrons. The predicted octanol–water partition coefficient (Wildman–Crippen LogP) is -0.459. The van der Waals surface area contributed by atoms with Gasteiger partial charge in [-0.05, 0) is 19.3 Å². The van der Waals surface area contributed by atoms with Crippen molar-refractivity contribution in [3.8, 4) is 0 Å². The van der Waals surface area contributed by atoms with Crippen molar-refractivity contribution >= 4 is 23.5 Å². The number of nitro groups is 1. The highest BCUT2D eigenvalue weighted by Gasteiger charge is 2.57. The third-order valence-corrected chi connectivity index (χ3v) is 3.09. The van der Waals surface area contributed by atoms with E-state index in [1.54, 1.807) is 0 Å². The Kier molecular flexibility index (Phi) is 5.46. The minimum atomic E-state index is -1.82. The van der Waals surface area contributed by atoms with Gasteiger partial charge in [0.25, 0.3) is 0 Å². The molecule has 1 rings (SSSR count). The van der Waals surface area contributed by atoms with Crippen LogP contribution in [0.15, 0.2) is 0 Å². The quantitative estimate of drug-likeness (QED) is 0.125. The molecule has 0 unspecified atom stereocenters. The van der Waals surface area contributed by atoms with Gasteiger partial charge in [-0.1, -0.05) is 11.6 Å². The molecular formula is C8H14ClN3O6. The Balaban J connectivity index is 0.000000411. The number of carbonyl (C=O) groups is 2. The van der Waals surface area contributed by atoms with Crippen LogP contribution in [0.1, 0.15) is 25.7 Å². The molecule has 2 atom stereocenters. The number of hydrogen-bond acceptors (Lipinski definition) is 6. The molecule has 0 bridgehead atoms. The smallest absolute Gasteiger partial charge is 0.414 e. The second-order valence-electron chi connectivity index (χ2n) is 3.86. The second-order valence-corrected chi connectivity index (χ2v) is 4.54. The van der Waals surface area contributed by atoms with Crippen LogP contribution in [0.4, 0.5) is 0 Å². The zero-order valence-corrected chi connectivity index (χ0v) is 10.1. The van der Waals surface area contributed by atoms with E-state index in [0.29, 0.717) is 12.8 Å². The van der Waals surface area contributed by atoms with Crippen molar-refractivity contribution in [2.24, 2.45) is 11.5 Å². The summed E-state index contributed by atoms with van der Waals surface area (Å²) in [5.74, 6) is -3.65. The van der Waals surface area contributed by atoms with Crippen molar-refractivity contribution < 1.29 is 24.7 Å². The summed E-state index contributed by atoms with van der Waals surface area (Å²) in [6.07, 6.45) is 2.15. The SMILES string of the molecule is N[C@]1(Cl)CCCC[C@]1(N)[N+](=O)[O-].O=C(O)C(=O)O. The molecule has 0 spiro atoms. The average Bonchev–Trinajstić information content (AvgIpc) is 2.23. The van der Waals surface area contributed by atoms with Crippen LogP contribution < -0.4 is 11.5 Å². The van der Waals surface area contributed by atoms with Crippen LogP contribution in [-0.2, 0) is 9.59 Å². The molecular weight excluding hydrogens is 270 g/mol. The lowest BCUT2D eigenvalue weighted by atomic mass is 9.85. The van der Waals surface area contributed by atoms with Crippen molar-refractivity contribution in [2.75, 3.05) is 0 Å². The molecule has 6 N–H and O–H groups in total. The minimum absolute atomic E-state index is 0.250. The van der Waals surface area contributed by atoms with Crippen molar-refractivity contribution in [3.05, 3.63) is 10.1 Å². The van der Waals surface area contributed by atoms with Gasteiger partial charge in [0.2, 0.25) is 0 Å². The maximum Gasteiger partial charge on any atom is 0.414 e. The minimum Gasteiger partial charge on any atom is -0.473 e. The molecule has 0 amide bonds. The summed E-state index contributed by atoms with van der Waals surface area (Å²) in [5.41, 5.74) is 9.42. The summed E-state index contributed by atoms with van der Waals surface area (Å²) in [6, 6.07) is 0. The Morgan fingerprint density at radius 2 is 1.56 bits per heavy atom. The maximum absolute atomic E-state index is 10.6. The Bertz CT molecular complexity index is 349. The van der Waals surface area contributed by atoms with Gasteiger partial charge < -0.3 is 15.9 Å². The van der Waals surface area contributed by atoms with Crippen molar-refractivity contribution in [3.63, 3.8) is 0 Å². The van der Waals surface area contributed by atoms with E-state index in [1.165, 1.54) is 0 Å². The van der Waals surface area contributed by atoms with Crippen LogP contribution in [0.2, 0.25) is 0 Å². The number of aliphatic carboxylic acids is 2. The van der Waals surface area contributed by atoms with E-state index in [-0.39, 0.29) is 6.42 Å². The highest BCUT2D eigenvalue weighted by Crippen LogP contribution is 2.36. The molecule has 0 aromatic heterocycles. The number of alkyl halides is 1. The zero-order valence-electron chi connectivity index (χ0n) is 9.34. The summed E-state index contributed by atoms with van der Waals surface area (Å²) in [4.78, 5) is 26.8. The van der Waals surface area contributed by atoms with Gasteiger partial charge in [0.15, 0.2) is 5.00 Å². The highest BCUT2D eigenvalue weighted by atomic mass is 35.5. The van der Waals surface area contributed by atoms with E-state index < -0.39 is 27.5 Å². The van der Waals surface area contributed by atoms with Gasteiger partial charge in [-0.3, -0.25) is 15.8 Å². The van der Waals surface area contributed by atoms with Crippen LogP contribution in [0.25, 0.3) is 0 Å². The van der Waals surface area contributed by atoms with Gasteiger partial charge in [-0.15, -0.1) is 0 Å². The number of nitrogens with two attached hydrogens (primary N) is 2. The van der Waals surface area contributed by atoms with Gasteiger partial charge in [-0.25, -0.2) is 9.59 Å². The van der Waals surface area contributed by atoms with E-state index in [0.717, 1.165) is 6.42 Å². The molecule has 0 aromatic rings. The second kappa shape index (κ2) is 5.94. The lowest BCUT2D eigenvalue weighted by Gasteiger charge is -2.37. The summed E-state index contributed by atoms with van der Waals surface area (Å²) in [7, 11) is 0. The maximum atomic E-state index is 10.6. The van der Waals surface area contributed by atoms with Crippen LogP contribution in [0.5, 0.6) is 0 Å². The van der Waals surface area contributed by atoms with Gasteiger partial charge in [0, 0.05) is 11.3 Å². The third kappa shape index (κ3) is 3.79. The average molecular weight is 284 g/mol. The summed E-state index contributed by atoms with van der Waals surface area (Å²) in [6.45, 7) is 0. The van der Waals surface area contributed by atoms with Crippen molar-refractivity contribution in [2.45, 2.75) is 36.3 Å². The number of hydrogen-bond donors (Lipinski definition) is 4. The molecule has 0 radical (unpaired) electrons. The fourth-order valence-corrected chi connectivity index (χ4v) is 1.74. The number of carboxylic acids is 2. The number of carboxylic acid groups (broad SMARTS) is 2. The van der Waals surface area contributed by atoms with Crippen LogP contribution in [0.3, 0.4) is 0 Å². The van der Waals surface area contributed by atoms with E-state index in [1.807, 2.05) is 0 Å². The number of nitrogens with zero attached hydrogens (tertiary/aromatic N) is 1. The Hall–Kier alpha value is -1.45. The first-order chi connectivity index (χ1) is 8.04. The molecule has 0 saturated heterocycles. The highest BCUT2D eigenvalue weighted by molar-refractivity contribution is 6.27. The molecule has 10 heteroatoms. The molecule has 18 heavy (non-hydrogen) atoms. The molecule has 1 saturated carbocycles. The first-order valence-corrected chi connectivity index (χ1v) is 5.30. The molecule has 0 aromatic carbocycles. The zero-order chi connectivity index (χ0) is 14.6. The molecule has 1 aliphatic rings. The van der Waals surface area contributed by atoms with E-state index in [2.05, 4.69) is 0 Å². The first kappa shape index (κ1) is 16.6. The normalized spacial score (nSPS) is 30.8. The van der Waals surface area contributed by atoms with Crippen molar-refractivity contribution in [1.82, 2.24) is 0 Å². The predicted molar refractivity (Wildman–Crippen MR) is 60.4 cm³/mol. The summed E-state index contributed by atoms with van der Waals surface area (Å²) in [5, 5.41) is 25.4. The summed E-state index contributed by atoms with van der Waals surface area (Å²) < 4.78 is 0. The lowest BCUT2D eigenvalue weighted by Crippen LogP contribution is -2.68. The van der Waals surface area contributed by atoms with Crippen molar-refractivity contribution in [1.29, 1.82) is 0 Å². The largest absolute Gasteiger partial charge is 0.473 e. The Morgan fingerprint density at radius 1 is 1.17 bits per heavy atom. The van der Waals surface area contributed by atoms with Gasteiger partial charge in [0.05, 0.1) is 0 Å².